The van der Waals surface area contributed by atoms with Crippen molar-refractivity contribution in [2.75, 3.05) is 11.9 Å². The first-order chi connectivity index (χ1) is 14.1. The molecule has 2 aromatic heterocycles. The lowest BCUT2D eigenvalue weighted by atomic mass is 10.2. The summed E-state index contributed by atoms with van der Waals surface area (Å²) in [7, 11) is 0. The first-order valence-electron chi connectivity index (χ1n) is 8.08. The molecule has 14 heteroatoms. The second kappa shape index (κ2) is 8.12. The highest BCUT2D eigenvalue weighted by Gasteiger charge is 2.35. The number of tetrazole rings is 1. The highest BCUT2D eigenvalue weighted by molar-refractivity contribution is 5.44. The van der Waals surface area contributed by atoms with Crippen LogP contribution in [0.25, 0.3) is 5.69 Å². The van der Waals surface area contributed by atoms with Crippen molar-refractivity contribution in [3.05, 3.63) is 53.5 Å². The zero-order chi connectivity index (χ0) is 21.9. The number of hydrogen-bond acceptors (Lipinski definition) is 6. The highest BCUT2D eigenvalue weighted by atomic mass is 19.4. The molecule has 7 nitrogen and oxygen atoms in total. The van der Waals surface area contributed by atoms with Crippen LogP contribution in [0.5, 0.6) is 5.88 Å². The van der Waals surface area contributed by atoms with E-state index < -0.39 is 36.0 Å². The molecule has 1 N–H and O–H groups in total. The lowest BCUT2D eigenvalue weighted by Crippen LogP contribution is -2.20. The van der Waals surface area contributed by atoms with Gasteiger partial charge in [0.05, 0.1) is 5.56 Å². The minimum Gasteiger partial charge on any atom is -0.468 e. The molecule has 1 aromatic carbocycles. The Balaban J connectivity index is 1.82. The molecule has 30 heavy (non-hydrogen) atoms. The van der Waals surface area contributed by atoms with Crippen molar-refractivity contribution in [1.29, 1.82) is 0 Å². The van der Waals surface area contributed by atoms with Gasteiger partial charge in [0.25, 0.3) is 0 Å². The van der Waals surface area contributed by atoms with Crippen LogP contribution in [0.2, 0.25) is 0 Å². The predicted octanol–water partition coefficient (Wildman–Crippen LogP) is 3.77. The predicted molar refractivity (Wildman–Crippen MR) is 87.2 cm³/mol. The van der Waals surface area contributed by atoms with Gasteiger partial charge in [-0.1, -0.05) is 17.2 Å². The Morgan fingerprint density at radius 3 is 2.50 bits per heavy atom. The molecule has 0 fully saturated rings. The molecule has 0 atom stereocenters. The summed E-state index contributed by atoms with van der Waals surface area (Å²) in [5, 5.41) is 12.9. The van der Waals surface area contributed by atoms with Gasteiger partial charge in [0.1, 0.15) is 5.69 Å². The Morgan fingerprint density at radius 2 is 1.80 bits per heavy atom. The van der Waals surface area contributed by atoms with Gasteiger partial charge in [-0.25, -0.2) is 9.37 Å². The number of alkyl halides is 6. The average Bonchev–Trinajstić information content (AvgIpc) is 3.12. The number of nitrogens with one attached hydrogen (secondary N) is 1. The summed E-state index contributed by atoms with van der Waals surface area (Å²) >= 11 is 0. The molecule has 0 bridgehead atoms. The Bertz CT molecular complexity index is 1020. The normalized spacial score (nSPS) is 12.1. The molecular weight excluding hydrogens is 425 g/mol. The van der Waals surface area contributed by atoms with Crippen LogP contribution in [0, 0.1) is 5.82 Å². The second-order valence-corrected chi connectivity index (χ2v) is 5.78. The zero-order valence-corrected chi connectivity index (χ0v) is 14.7. The number of pyridine rings is 1. The van der Waals surface area contributed by atoms with Gasteiger partial charge in [-0.05, 0) is 28.6 Å². The quantitative estimate of drug-likeness (QED) is 0.593. The standard InChI is InChI=1S/C16H11F7N6O/c17-12-10(16(21,22)23)4-1-5-11(12)29-14(26-27-28-29)25-7-9-3-2-6-24-13(9)30-8-15(18,19)20/h1-6H,7-8H2,(H,25,26,28). The third-order valence-electron chi connectivity index (χ3n) is 3.64. The monoisotopic (exact) mass is 436 g/mol. The largest absolute Gasteiger partial charge is 0.468 e. The summed E-state index contributed by atoms with van der Waals surface area (Å²) < 4.78 is 95.5. The molecule has 0 radical (unpaired) electrons. The summed E-state index contributed by atoms with van der Waals surface area (Å²) in [5.74, 6) is -2.15. The third-order valence-corrected chi connectivity index (χ3v) is 3.64. The molecule has 0 spiro atoms. The van der Waals surface area contributed by atoms with Gasteiger partial charge < -0.3 is 10.1 Å². The number of rotatable bonds is 6. The summed E-state index contributed by atoms with van der Waals surface area (Å²) in [6.07, 6.45) is -8.28. The van der Waals surface area contributed by atoms with E-state index in [0.29, 0.717) is 10.7 Å². The Labute approximate surface area is 163 Å². The topological polar surface area (TPSA) is 77.8 Å². The van der Waals surface area contributed by atoms with Crippen molar-refractivity contribution in [2.24, 2.45) is 0 Å². The molecule has 3 aromatic rings. The van der Waals surface area contributed by atoms with E-state index in [1.54, 1.807) is 0 Å². The van der Waals surface area contributed by atoms with Crippen molar-refractivity contribution in [3.63, 3.8) is 0 Å². The van der Waals surface area contributed by atoms with Crippen molar-refractivity contribution in [1.82, 2.24) is 25.2 Å². The molecule has 160 valence electrons. The fraction of sp³-hybridized carbons (Fsp3) is 0.250. The Morgan fingerprint density at radius 1 is 1.03 bits per heavy atom. The van der Waals surface area contributed by atoms with Crippen LogP contribution >= 0.6 is 0 Å². The molecule has 3 rings (SSSR count). The van der Waals surface area contributed by atoms with E-state index in [0.717, 1.165) is 12.1 Å². The smallest absolute Gasteiger partial charge is 0.422 e. The summed E-state index contributed by atoms with van der Waals surface area (Å²) in [6, 6.07) is 5.43. The maximum Gasteiger partial charge on any atom is 0.422 e. The minimum absolute atomic E-state index is 0.181. The van der Waals surface area contributed by atoms with Gasteiger partial charge in [0, 0.05) is 18.3 Å². The maximum absolute atomic E-state index is 14.4. The van der Waals surface area contributed by atoms with Crippen LogP contribution in [-0.2, 0) is 12.7 Å². The van der Waals surface area contributed by atoms with E-state index in [4.69, 9.17) is 0 Å². The summed E-state index contributed by atoms with van der Waals surface area (Å²) in [6.45, 7) is -1.77. The van der Waals surface area contributed by atoms with E-state index in [9.17, 15) is 30.7 Å². The number of hydrogen-bond donors (Lipinski definition) is 1. The van der Waals surface area contributed by atoms with Gasteiger partial charge in [0.15, 0.2) is 12.4 Å². The van der Waals surface area contributed by atoms with Crippen LogP contribution < -0.4 is 10.1 Å². The maximum atomic E-state index is 14.4. The van der Waals surface area contributed by atoms with E-state index in [-0.39, 0.29) is 23.9 Å². The summed E-state index contributed by atoms with van der Waals surface area (Å²) in [4.78, 5) is 3.71. The number of ether oxygens (including phenoxy) is 1. The van der Waals surface area contributed by atoms with Crippen LogP contribution in [0.15, 0.2) is 36.5 Å². The van der Waals surface area contributed by atoms with Crippen LogP contribution in [0.3, 0.4) is 0 Å². The molecule has 2 heterocycles. The fourth-order valence-corrected chi connectivity index (χ4v) is 2.37. The second-order valence-electron chi connectivity index (χ2n) is 5.78. The van der Waals surface area contributed by atoms with Crippen molar-refractivity contribution >= 4 is 5.95 Å². The SMILES string of the molecule is Fc1c(-n2nnnc2NCc2cccnc2OCC(F)(F)F)cccc1C(F)(F)F. The van der Waals surface area contributed by atoms with E-state index >= 15 is 0 Å². The van der Waals surface area contributed by atoms with Crippen molar-refractivity contribution in [3.8, 4) is 11.6 Å². The molecule has 0 amide bonds. The van der Waals surface area contributed by atoms with Gasteiger partial charge in [0.2, 0.25) is 11.8 Å². The highest BCUT2D eigenvalue weighted by Crippen LogP contribution is 2.33. The Kier molecular flexibility index (Phi) is 5.75. The minimum atomic E-state index is -4.93. The third kappa shape index (κ3) is 4.93. The number of benzene rings is 1. The average molecular weight is 436 g/mol. The van der Waals surface area contributed by atoms with Crippen molar-refractivity contribution < 1.29 is 35.5 Å². The lowest BCUT2D eigenvalue weighted by molar-refractivity contribution is -0.154. The van der Waals surface area contributed by atoms with Crippen LogP contribution in [0.4, 0.5) is 36.7 Å². The van der Waals surface area contributed by atoms with E-state index in [1.807, 2.05) is 0 Å². The molecule has 0 saturated heterocycles. The first kappa shape index (κ1) is 21.3. The number of nitrogens with zero attached hydrogens (tertiary/aromatic N) is 5. The molecular formula is C16H11F7N6O. The molecule has 0 saturated carbocycles. The van der Waals surface area contributed by atoms with E-state index in [2.05, 4.69) is 30.6 Å². The van der Waals surface area contributed by atoms with Gasteiger partial charge >= 0.3 is 12.4 Å². The fourth-order valence-electron chi connectivity index (χ4n) is 2.37. The summed E-state index contributed by atoms with van der Waals surface area (Å²) in [5.41, 5.74) is -1.89. The number of aromatic nitrogens is 5. The first-order valence-corrected chi connectivity index (χ1v) is 8.08. The number of anilines is 1. The van der Waals surface area contributed by atoms with Gasteiger partial charge in [-0.15, -0.1) is 0 Å². The molecule has 0 aliphatic carbocycles. The van der Waals surface area contributed by atoms with Crippen LogP contribution in [-0.4, -0.2) is 38.0 Å². The number of halogens is 7. The van der Waals surface area contributed by atoms with Crippen LogP contribution in [0.1, 0.15) is 11.1 Å². The molecule has 0 unspecified atom stereocenters. The molecule has 0 aliphatic heterocycles. The van der Waals surface area contributed by atoms with E-state index in [1.165, 1.54) is 18.3 Å². The van der Waals surface area contributed by atoms with Crippen molar-refractivity contribution in [2.45, 2.75) is 18.9 Å². The van der Waals surface area contributed by atoms with Gasteiger partial charge in [-0.2, -0.15) is 31.0 Å². The lowest BCUT2D eigenvalue weighted by Gasteiger charge is -2.14. The molecule has 0 aliphatic rings. The Hall–Kier alpha value is -3.45. The van der Waals surface area contributed by atoms with Gasteiger partial charge in [-0.3, -0.25) is 0 Å². The zero-order valence-electron chi connectivity index (χ0n) is 14.7.